The molecule has 1 aromatic carbocycles. The van der Waals surface area contributed by atoms with Gasteiger partial charge in [-0.05, 0) is 12.3 Å². The van der Waals surface area contributed by atoms with Gasteiger partial charge < -0.3 is 4.74 Å². The molecular formula is C12H12O2. The van der Waals surface area contributed by atoms with Crippen LogP contribution in [0.1, 0.15) is 16.8 Å². The van der Waals surface area contributed by atoms with Crippen LogP contribution in [0.25, 0.3) is 0 Å². The summed E-state index contributed by atoms with van der Waals surface area (Å²) >= 11 is 0. The number of hydrogen-bond donors (Lipinski definition) is 0. The van der Waals surface area contributed by atoms with Gasteiger partial charge in [-0.15, -0.1) is 0 Å². The zero-order chi connectivity index (χ0) is 9.60. The van der Waals surface area contributed by atoms with E-state index in [9.17, 15) is 4.79 Å². The van der Waals surface area contributed by atoms with Gasteiger partial charge in [0.1, 0.15) is 0 Å². The standard InChI is InChI=1S/C12H12O2/c13-11(9-4-2-1-3-5-9)12-6-10(12)7-14-8-12/h1-5,10H,6-8H2. The molecule has 14 heavy (non-hydrogen) atoms. The molecule has 1 aliphatic carbocycles. The molecule has 1 saturated heterocycles. The van der Waals surface area contributed by atoms with Crippen molar-refractivity contribution >= 4 is 5.78 Å². The summed E-state index contributed by atoms with van der Waals surface area (Å²) in [5, 5.41) is 0. The molecule has 1 saturated carbocycles. The van der Waals surface area contributed by atoms with Crippen LogP contribution in [0.5, 0.6) is 0 Å². The first-order chi connectivity index (χ1) is 6.83. The van der Waals surface area contributed by atoms with Gasteiger partial charge in [-0.2, -0.15) is 0 Å². The van der Waals surface area contributed by atoms with Gasteiger partial charge in [-0.1, -0.05) is 30.3 Å². The number of carbonyl (C=O) groups excluding carboxylic acids is 1. The second kappa shape index (κ2) is 2.67. The van der Waals surface area contributed by atoms with Crippen molar-refractivity contribution in [1.29, 1.82) is 0 Å². The Morgan fingerprint density at radius 1 is 1.36 bits per heavy atom. The quantitative estimate of drug-likeness (QED) is 0.663. The summed E-state index contributed by atoms with van der Waals surface area (Å²) in [6.07, 6.45) is 1.03. The molecule has 0 N–H and O–H groups in total. The van der Waals surface area contributed by atoms with Gasteiger partial charge in [0.15, 0.2) is 5.78 Å². The van der Waals surface area contributed by atoms with Crippen LogP contribution in [0.15, 0.2) is 30.3 Å². The summed E-state index contributed by atoms with van der Waals surface area (Å²) in [6.45, 7) is 1.41. The van der Waals surface area contributed by atoms with Crippen molar-refractivity contribution in [2.24, 2.45) is 11.3 Å². The number of ether oxygens (including phenoxy) is 1. The largest absolute Gasteiger partial charge is 0.380 e. The van der Waals surface area contributed by atoms with Crippen LogP contribution in [-0.4, -0.2) is 19.0 Å². The second-order valence-corrected chi connectivity index (χ2v) is 4.27. The van der Waals surface area contributed by atoms with Crippen LogP contribution >= 0.6 is 0 Å². The van der Waals surface area contributed by atoms with E-state index in [1.54, 1.807) is 0 Å². The first-order valence-electron chi connectivity index (χ1n) is 5.00. The molecule has 0 spiro atoms. The summed E-state index contributed by atoms with van der Waals surface area (Å²) in [4.78, 5) is 12.1. The third-order valence-electron chi connectivity index (χ3n) is 3.40. The summed E-state index contributed by atoms with van der Waals surface area (Å²) in [7, 11) is 0. The highest BCUT2D eigenvalue weighted by molar-refractivity contribution is 6.03. The Hall–Kier alpha value is -1.15. The lowest BCUT2D eigenvalue weighted by molar-refractivity contribution is 0.0829. The van der Waals surface area contributed by atoms with Gasteiger partial charge in [0.25, 0.3) is 0 Å². The van der Waals surface area contributed by atoms with Gasteiger partial charge in [0, 0.05) is 5.56 Å². The molecule has 2 unspecified atom stereocenters. The van der Waals surface area contributed by atoms with Crippen molar-refractivity contribution in [2.45, 2.75) is 6.42 Å². The normalized spacial score (nSPS) is 33.9. The number of rotatable bonds is 2. The Labute approximate surface area is 82.9 Å². The van der Waals surface area contributed by atoms with Crippen LogP contribution in [0.2, 0.25) is 0 Å². The van der Waals surface area contributed by atoms with Crippen molar-refractivity contribution in [3.05, 3.63) is 35.9 Å². The average Bonchev–Trinajstić information content (AvgIpc) is 2.82. The molecule has 2 atom stereocenters. The number of ketones is 1. The highest BCUT2D eigenvalue weighted by Gasteiger charge is 2.63. The molecule has 2 aliphatic rings. The van der Waals surface area contributed by atoms with Crippen LogP contribution < -0.4 is 0 Å². The predicted octanol–water partition coefficient (Wildman–Crippen LogP) is 1.91. The van der Waals surface area contributed by atoms with E-state index in [0.29, 0.717) is 12.5 Å². The molecule has 2 heteroatoms. The lowest BCUT2D eigenvalue weighted by Crippen LogP contribution is -2.19. The zero-order valence-corrected chi connectivity index (χ0v) is 7.90. The molecule has 0 radical (unpaired) electrons. The monoisotopic (exact) mass is 188 g/mol. The molecule has 0 aromatic heterocycles. The van der Waals surface area contributed by atoms with Gasteiger partial charge in [-0.25, -0.2) is 0 Å². The number of hydrogen-bond acceptors (Lipinski definition) is 2. The van der Waals surface area contributed by atoms with Crippen molar-refractivity contribution in [3.63, 3.8) is 0 Å². The number of Topliss-reactive ketones (excluding diaryl/α,β-unsaturated/α-hetero) is 1. The van der Waals surface area contributed by atoms with Gasteiger partial charge in [-0.3, -0.25) is 4.79 Å². The lowest BCUT2D eigenvalue weighted by Gasteiger charge is -2.09. The molecule has 1 heterocycles. The van der Waals surface area contributed by atoms with E-state index in [1.807, 2.05) is 30.3 Å². The highest BCUT2D eigenvalue weighted by atomic mass is 16.5. The number of benzene rings is 1. The SMILES string of the molecule is O=C(c1ccccc1)C12COCC1C2. The fourth-order valence-corrected chi connectivity index (χ4v) is 2.38. The maximum absolute atomic E-state index is 12.1. The summed E-state index contributed by atoms with van der Waals surface area (Å²) in [5.41, 5.74) is 0.696. The van der Waals surface area contributed by atoms with Crippen LogP contribution in [-0.2, 0) is 4.74 Å². The van der Waals surface area contributed by atoms with E-state index in [4.69, 9.17) is 4.74 Å². The smallest absolute Gasteiger partial charge is 0.171 e. The van der Waals surface area contributed by atoms with Crippen molar-refractivity contribution in [1.82, 2.24) is 0 Å². The Morgan fingerprint density at radius 3 is 2.71 bits per heavy atom. The molecule has 1 aromatic rings. The maximum atomic E-state index is 12.1. The fraction of sp³-hybridized carbons (Fsp3) is 0.417. The minimum atomic E-state index is -0.138. The van der Waals surface area contributed by atoms with E-state index in [2.05, 4.69) is 0 Å². The third-order valence-corrected chi connectivity index (χ3v) is 3.40. The maximum Gasteiger partial charge on any atom is 0.171 e. The van der Waals surface area contributed by atoms with Crippen molar-refractivity contribution < 1.29 is 9.53 Å². The summed E-state index contributed by atoms with van der Waals surface area (Å²) in [6, 6.07) is 9.55. The van der Waals surface area contributed by atoms with Crippen LogP contribution in [0, 0.1) is 11.3 Å². The summed E-state index contributed by atoms with van der Waals surface area (Å²) in [5.74, 6) is 0.774. The van der Waals surface area contributed by atoms with E-state index >= 15 is 0 Å². The number of fused-ring (bicyclic) bond motifs is 1. The molecule has 72 valence electrons. The second-order valence-electron chi connectivity index (χ2n) is 4.27. The lowest BCUT2D eigenvalue weighted by atomic mass is 9.94. The van der Waals surface area contributed by atoms with Gasteiger partial charge in [0.05, 0.1) is 18.6 Å². The first kappa shape index (κ1) is 8.18. The average molecular weight is 188 g/mol. The van der Waals surface area contributed by atoms with E-state index in [-0.39, 0.29) is 11.2 Å². The first-order valence-corrected chi connectivity index (χ1v) is 5.00. The fourth-order valence-electron chi connectivity index (χ4n) is 2.38. The Morgan fingerprint density at radius 2 is 2.14 bits per heavy atom. The topological polar surface area (TPSA) is 26.3 Å². The van der Waals surface area contributed by atoms with Crippen molar-refractivity contribution in [3.8, 4) is 0 Å². The predicted molar refractivity (Wildman–Crippen MR) is 52.1 cm³/mol. The van der Waals surface area contributed by atoms with Crippen LogP contribution in [0.4, 0.5) is 0 Å². The minimum absolute atomic E-state index is 0.138. The summed E-state index contributed by atoms with van der Waals surface area (Å²) < 4.78 is 5.33. The Kier molecular flexibility index (Phi) is 1.56. The number of carbonyl (C=O) groups is 1. The van der Waals surface area contributed by atoms with Gasteiger partial charge >= 0.3 is 0 Å². The Balaban J connectivity index is 1.91. The van der Waals surface area contributed by atoms with E-state index in [0.717, 1.165) is 18.6 Å². The van der Waals surface area contributed by atoms with E-state index < -0.39 is 0 Å². The molecule has 3 rings (SSSR count). The third kappa shape index (κ3) is 0.976. The van der Waals surface area contributed by atoms with Crippen molar-refractivity contribution in [2.75, 3.05) is 13.2 Å². The van der Waals surface area contributed by atoms with Crippen LogP contribution in [0.3, 0.4) is 0 Å². The molecule has 2 nitrogen and oxygen atoms in total. The molecule has 1 aliphatic heterocycles. The minimum Gasteiger partial charge on any atom is -0.380 e. The zero-order valence-electron chi connectivity index (χ0n) is 7.90. The van der Waals surface area contributed by atoms with E-state index in [1.165, 1.54) is 0 Å². The molecular weight excluding hydrogens is 176 g/mol. The molecule has 0 bridgehead atoms. The molecule has 2 fully saturated rings. The molecule has 0 amide bonds. The highest BCUT2D eigenvalue weighted by Crippen LogP contribution is 2.58. The van der Waals surface area contributed by atoms with Gasteiger partial charge in [0.2, 0.25) is 0 Å². The Bertz CT molecular complexity index is 371.